The Labute approximate surface area is 146 Å². The number of hydrogen-bond donors (Lipinski definition) is 0. The van der Waals surface area contributed by atoms with Crippen LogP contribution in [0, 0.1) is 0 Å². The van der Waals surface area contributed by atoms with E-state index in [9.17, 15) is 14.4 Å². The molecule has 0 aromatic heterocycles. The first-order valence-electron chi connectivity index (χ1n) is 8.18. The fourth-order valence-corrected chi connectivity index (χ4v) is 4.65. The molecular formula is C16H25NO6S. The lowest BCUT2D eigenvalue weighted by Gasteiger charge is -2.42. The normalized spacial score (nSPS) is 27.4. The van der Waals surface area contributed by atoms with E-state index in [1.54, 1.807) is 0 Å². The second-order valence-corrected chi connectivity index (χ2v) is 8.24. The summed E-state index contributed by atoms with van der Waals surface area (Å²) in [5.74, 6) is -1.15. The molecule has 3 atom stereocenters. The van der Waals surface area contributed by atoms with Gasteiger partial charge in [-0.2, -0.15) is 0 Å². The smallest absolute Gasteiger partial charge is 0.333 e. The summed E-state index contributed by atoms with van der Waals surface area (Å²) in [4.78, 5) is 37.5. The molecular weight excluding hydrogens is 334 g/mol. The van der Waals surface area contributed by atoms with Crippen molar-refractivity contribution in [3.63, 3.8) is 0 Å². The molecule has 0 aromatic rings. The third-order valence-corrected chi connectivity index (χ3v) is 5.82. The van der Waals surface area contributed by atoms with Gasteiger partial charge >= 0.3 is 11.9 Å². The Morgan fingerprint density at radius 3 is 2.58 bits per heavy atom. The Bertz CT molecular complexity index is 509. The van der Waals surface area contributed by atoms with E-state index in [-0.39, 0.29) is 17.3 Å². The zero-order chi connectivity index (χ0) is 17.9. The summed E-state index contributed by atoms with van der Waals surface area (Å²) in [5, 5.41) is -0.174. The maximum absolute atomic E-state index is 12.4. The highest BCUT2D eigenvalue weighted by Crippen LogP contribution is 2.51. The van der Waals surface area contributed by atoms with Gasteiger partial charge in [-0.25, -0.2) is 4.79 Å². The number of esters is 2. The summed E-state index contributed by atoms with van der Waals surface area (Å²) in [6, 6.07) is -0.704. The van der Waals surface area contributed by atoms with Crippen molar-refractivity contribution in [3.05, 3.63) is 0 Å². The molecule has 7 nitrogen and oxygen atoms in total. The number of amides is 1. The van der Waals surface area contributed by atoms with Gasteiger partial charge in [0.15, 0.2) is 6.10 Å². The van der Waals surface area contributed by atoms with Crippen LogP contribution in [0.2, 0.25) is 0 Å². The number of hydrogen-bond acceptors (Lipinski definition) is 7. The third kappa shape index (κ3) is 3.69. The number of β-lactam (4-membered cyclic amide) rings is 1. The van der Waals surface area contributed by atoms with E-state index in [1.165, 1.54) is 23.8 Å². The number of rotatable bonds is 8. The van der Waals surface area contributed by atoms with Crippen LogP contribution in [0.5, 0.6) is 0 Å². The van der Waals surface area contributed by atoms with Gasteiger partial charge < -0.3 is 19.1 Å². The zero-order valence-electron chi connectivity index (χ0n) is 14.6. The average Bonchev–Trinajstić information content (AvgIpc) is 2.76. The number of carbonyl (C=O) groups excluding carboxylic acids is 3. The van der Waals surface area contributed by atoms with Crippen LogP contribution in [0.4, 0.5) is 0 Å². The lowest BCUT2D eigenvalue weighted by atomic mass is 9.97. The highest BCUT2D eigenvalue weighted by atomic mass is 32.2. The summed E-state index contributed by atoms with van der Waals surface area (Å²) in [6.45, 7) is 5.41. The van der Waals surface area contributed by atoms with Crippen molar-refractivity contribution in [3.8, 4) is 0 Å². The Kier molecular flexibility index (Phi) is 6.14. The van der Waals surface area contributed by atoms with E-state index in [4.69, 9.17) is 14.2 Å². The molecule has 0 radical (unpaired) electrons. The van der Waals surface area contributed by atoms with E-state index in [0.717, 1.165) is 19.3 Å². The van der Waals surface area contributed by atoms with Crippen molar-refractivity contribution in [2.75, 3.05) is 13.9 Å². The van der Waals surface area contributed by atoms with Crippen LogP contribution in [0.1, 0.15) is 46.5 Å². The monoisotopic (exact) mass is 359 g/mol. The Hall–Kier alpha value is -1.28. The molecule has 2 fully saturated rings. The number of methoxy groups -OCH3 is 1. The van der Waals surface area contributed by atoms with Crippen LogP contribution < -0.4 is 0 Å². The molecule has 0 aliphatic carbocycles. The molecule has 0 unspecified atom stereocenters. The fourth-order valence-electron chi connectivity index (χ4n) is 3.00. The largest absolute Gasteiger partial charge is 0.428 e. The zero-order valence-corrected chi connectivity index (χ0v) is 15.4. The minimum absolute atomic E-state index is 0.174. The van der Waals surface area contributed by atoms with Gasteiger partial charge in [0.25, 0.3) is 5.91 Å². The minimum Gasteiger partial charge on any atom is -0.428 e. The standard InChI is InChI=1S/C16H25NO6S/c1-5-6-7-8-10(18)22-9-23-15(20)12-16(2,3)24-14-11(21-4)13(19)17(12)14/h11-12,14H,5-9H2,1-4H3/t11-,12+,14-/m1/s1. The average molecular weight is 359 g/mol. The van der Waals surface area contributed by atoms with Crippen LogP contribution in [-0.2, 0) is 28.6 Å². The number of nitrogens with zero attached hydrogens (tertiary/aromatic N) is 1. The van der Waals surface area contributed by atoms with E-state index < -0.39 is 29.7 Å². The predicted molar refractivity (Wildman–Crippen MR) is 88.1 cm³/mol. The second-order valence-electron chi connectivity index (χ2n) is 6.47. The van der Waals surface area contributed by atoms with E-state index >= 15 is 0 Å². The fraction of sp³-hybridized carbons (Fsp3) is 0.812. The molecule has 0 N–H and O–H groups in total. The Morgan fingerprint density at radius 2 is 1.96 bits per heavy atom. The molecule has 2 aliphatic heterocycles. The molecule has 2 rings (SSSR count). The lowest BCUT2D eigenvalue weighted by molar-refractivity contribution is -0.182. The lowest BCUT2D eigenvalue weighted by Crippen LogP contribution is -2.66. The van der Waals surface area contributed by atoms with Gasteiger partial charge in [-0.15, -0.1) is 11.8 Å². The van der Waals surface area contributed by atoms with Crippen LogP contribution in [0.15, 0.2) is 0 Å². The SMILES string of the molecule is CCCCCC(=O)OCOC(=O)[C@@H]1N2C(=O)[C@@H](OC)[C@H]2SC1(C)C. The highest BCUT2D eigenvalue weighted by molar-refractivity contribution is 8.01. The van der Waals surface area contributed by atoms with Crippen molar-refractivity contribution in [2.24, 2.45) is 0 Å². The molecule has 136 valence electrons. The molecule has 8 heteroatoms. The maximum atomic E-state index is 12.4. The molecule has 2 saturated heterocycles. The molecule has 0 spiro atoms. The first-order valence-corrected chi connectivity index (χ1v) is 9.06. The topological polar surface area (TPSA) is 82.1 Å². The van der Waals surface area contributed by atoms with Gasteiger partial charge in [0.05, 0.1) is 0 Å². The van der Waals surface area contributed by atoms with Crippen molar-refractivity contribution < 1.29 is 28.6 Å². The van der Waals surface area contributed by atoms with Crippen molar-refractivity contribution >= 4 is 29.6 Å². The number of ether oxygens (including phenoxy) is 3. The maximum Gasteiger partial charge on any atom is 0.333 e. The summed E-state index contributed by atoms with van der Waals surface area (Å²) < 4.78 is 14.7. The van der Waals surface area contributed by atoms with Crippen molar-refractivity contribution in [1.82, 2.24) is 4.90 Å². The quantitative estimate of drug-likeness (QED) is 0.282. The van der Waals surface area contributed by atoms with Crippen LogP contribution in [-0.4, -0.2) is 58.9 Å². The van der Waals surface area contributed by atoms with Gasteiger partial charge in [-0.05, 0) is 20.3 Å². The molecule has 1 amide bonds. The Morgan fingerprint density at radius 1 is 1.25 bits per heavy atom. The summed E-state index contributed by atoms with van der Waals surface area (Å²) in [5.41, 5.74) is 0. The van der Waals surface area contributed by atoms with E-state index in [1.807, 2.05) is 20.8 Å². The van der Waals surface area contributed by atoms with Crippen LogP contribution >= 0.6 is 11.8 Å². The molecule has 24 heavy (non-hydrogen) atoms. The number of thioether (sulfide) groups is 1. The number of carbonyl (C=O) groups is 3. The van der Waals surface area contributed by atoms with Crippen molar-refractivity contribution in [1.29, 1.82) is 0 Å². The molecule has 0 aromatic carbocycles. The van der Waals surface area contributed by atoms with E-state index in [2.05, 4.69) is 0 Å². The number of fused-ring (bicyclic) bond motifs is 1. The molecule has 2 heterocycles. The highest BCUT2D eigenvalue weighted by Gasteiger charge is 2.64. The summed E-state index contributed by atoms with van der Waals surface area (Å²) in [6.07, 6.45) is 2.55. The summed E-state index contributed by atoms with van der Waals surface area (Å²) in [7, 11) is 1.48. The van der Waals surface area contributed by atoms with Gasteiger partial charge in [0.2, 0.25) is 6.79 Å². The van der Waals surface area contributed by atoms with Crippen molar-refractivity contribution in [2.45, 2.75) is 68.7 Å². The summed E-state index contributed by atoms with van der Waals surface area (Å²) >= 11 is 1.52. The van der Waals surface area contributed by atoms with Gasteiger partial charge in [0, 0.05) is 18.3 Å². The Balaban J connectivity index is 1.84. The van der Waals surface area contributed by atoms with Gasteiger partial charge in [0.1, 0.15) is 11.4 Å². The molecule has 0 saturated carbocycles. The third-order valence-electron chi connectivity index (χ3n) is 4.27. The first kappa shape index (κ1) is 19.1. The van der Waals surface area contributed by atoms with Gasteiger partial charge in [-0.3, -0.25) is 9.59 Å². The first-order chi connectivity index (χ1) is 11.3. The van der Waals surface area contributed by atoms with E-state index in [0.29, 0.717) is 6.42 Å². The molecule has 2 aliphatic rings. The van der Waals surface area contributed by atoms with Gasteiger partial charge in [-0.1, -0.05) is 19.8 Å². The minimum atomic E-state index is -0.704. The molecule has 0 bridgehead atoms. The number of unbranched alkanes of at least 4 members (excludes halogenated alkanes) is 2. The second kappa shape index (κ2) is 7.74. The van der Waals surface area contributed by atoms with Crippen LogP contribution in [0.3, 0.4) is 0 Å². The predicted octanol–water partition coefficient (Wildman–Crippen LogP) is 1.69. The van der Waals surface area contributed by atoms with Crippen LogP contribution in [0.25, 0.3) is 0 Å².